The molecule has 1 amide bonds. The number of benzene rings is 1. The lowest BCUT2D eigenvalue weighted by atomic mass is 9.78. The normalized spacial score (nSPS) is 23.1. The molecule has 3 nitrogen and oxygen atoms in total. The molecular formula is C21H32ClFN2O. The van der Waals surface area contributed by atoms with Gasteiger partial charge < -0.3 is 10.6 Å². The van der Waals surface area contributed by atoms with Gasteiger partial charge in [0.1, 0.15) is 5.82 Å². The van der Waals surface area contributed by atoms with Gasteiger partial charge in [0, 0.05) is 18.4 Å². The summed E-state index contributed by atoms with van der Waals surface area (Å²) >= 11 is 0. The lowest BCUT2D eigenvalue weighted by Gasteiger charge is -2.31. The molecule has 2 unspecified atom stereocenters. The highest BCUT2D eigenvalue weighted by atomic mass is 35.5. The van der Waals surface area contributed by atoms with E-state index in [1.54, 1.807) is 0 Å². The third kappa shape index (κ3) is 5.20. The van der Waals surface area contributed by atoms with E-state index in [9.17, 15) is 9.18 Å². The molecule has 2 aliphatic rings. The van der Waals surface area contributed by atoms with Gasteiger partial charge in [0.2, 0.25) is 5.91 Å². The van der Waals surface area contributed by atoms with Crippen LogP contribution in [-0.2, 0) is 10.2 Å². The zero-order valence-electron chi connectivity index (χ0n) is 15.7. The molecule has 0 aromatic heterocycles. The molecule has 1 saturated carbocycles. The van der Waals surface area contributed by atoms with E-state index in [2.05, 4.69) is 17.6 Å². The fourth-order valence-corrected chi connectivity index (χ4v) is 4.59. The van der Waals surface area contributed by atoms with Gasteiger partial charge in [-0.1, -0.05) is 31.9 Å². The summed E-state index contributed by atoms with van der Waals surface area (Å²) in [4.78, 5) is 12.5. The van der Waals surface area contributed by atoms with Crippen molar-refractivity contribution >= 4 is 18.3 Å². The number of halogens is 2. The van der Waals surface area contributed by atoms with Crippen LogP contribution in [0.2, 0.25) is 0 Å². The number of carbonyl (C=O) groups excluding carboxylic acids is 1. The second-order valence-electron chi connectivity index (χ2n) is 8.06. The Kier molecular flexibility index (Phi) is 7.90. The number of hydrogen-bond donors (Lipinski definition) is 2. The van der Waals surface area contributed by atoms with Gasteiger partial charge in [-0.05, 0) is 68.3 Å². The van der Waals surface area contributed by atoms with Crippen molar-refractivity contribution in [1.82, 2.24) is 10.6 Å². The van der Waals surface area contributed by atoms with Crippen LogP contribution in [0.15, 0.2) is 24.3 Å². The molecule has 3 rings (SSSR count). The molecule has 0 bridgehead atoms. The molecule has 1 aliphatic heterocycles. The van der Waals surface area contributed by atoms with Crippen molar-refractivity contribution < 1.29 is 9.18 Å². The zero-order valence-corrected chi connectivity index (χ0v) is 16.5. The Morgan fingerprint density at radius 1 is 1.27 bits per heavy atom. The van der Waals surface area contributed by atoms with Crippen molar-refractivity contribution in [2.24, 2.45) is 11.8 Å². The number of amides is 1. The van der Waals surface area contributed by atoms with Gasteiger partial charge in [-0.15, -0.1) is 12.4 Å². The monoisotopic (exact) mass is 382 g/mol. The second kappa shape index (κ2) is 9.70. The van der Waals surface area contributed by atoms with Gasteiger partial charge in [-0.3, -0.25) is 4.79 Å². The Morgan fingerprint density at radius 3 is 2.58 bits per heavy atom. The van der Waals surface area contributed by atoms with Crippen LogP contribution in [0.4, 0.5) is 4.39 Å². The SMILES string of the molecule is CC(CC(=O)NCC1(c2ccc(F)cc2)CCCC1)C1CCCNC1.Cl. The maximum Gasteiger partial charge on any atom is 0.220 e. The maximum atomic E-state index is 13.3. The van der Waals surface area contributed by atoms with Crippen LogP contribution in [0.1, 0.15) is 57.4 Å². The maximum absolute atomic E-state index is 13.3. The molecule has 1 aromatic carbocycles. The van der Waals surface area contributed by atoms with Crippen LogP contribution in [0.5, 0.6) is 0 Å². The first-order chi connectivity index (χ1) is 12.1. The highest BCUT2D eigenvalue weighted by Gasteiger charge is 2.36. The summed E-state index contributed by atoms with van der Waals surface area (Å²) < 4.78 is 13.3. The Hall–Kier alpha value is -1.13. The van der Waals surface area contributed by atoms with Gasteiger partial charge in [0.25, 0.3) is 0 Å². The van der Waals surface area contributed by atoms with Gasteiger partial charge in [0.05, 0.1) is 0 Å². The lowest BCUT2D eigenvalue weighted by molar-refractivity contribution is -0.122. The molecule has 1 aliphatic carbocycles. The van der Waals surface area contributed by atoms with E-state index < -0.39 is 0 Å². The predicted octanol–water partition coefficient (Wildman–Crippen LogP) is 4.20. The topological polar surface area (TPSA) is 41.1 Å². The molecule has 0 spiro atoms. The highest BCUT2D eigenvalue weighted by molar-refractivity contribution is 5.85. The van der Waals surface area contributed by atoms with E-state index in [-0.39, 0.29) is 29.5 Å². The summed E-state index contributed by atoms with van der Waals surface area (Å²) in [6.45, 7) is 5.01. The van der Waals surface area contributed by atoms with Gasteiger partial charge in [0.15, 0.2) is 0 Å². The highest BCUT2D eigenvalue weighted by Crippen LogP contribution is 2.40. The number of rotatable bonds is 6. The first kappa shape index (κ1) is 21.2. The molecular weight excluding hydrogens is 351 g/mol. The van der Waals surface area contributed by atoms with Crippen molar-refractivity contribution in [1.29, 1.82) is 0 Å². The van der Waals surface area contributed by atoms with Crippen LogP contribution in [-0.4, -0.2) is 25.5 Å². The van der Waals surface area contributed by atoms with E-state index in [1.165, 1.54) is 37.8 Å². The lowest BCUT2D eigenvalue weighted by Crippen LogP contribution is -2.40. The molecule has 0 radical (unpaired) electrons. The number of piperidine rings is 1. The Bertz CT molecular complexity index is 566. The third-order valence-electron chi connectivity index (χ3n) is 6.29. The summed E-state index contributed by atoms with van der Waals surface area (Å²) in [6.07, 6.45) is 7.54. The largest absolute Gasteiger partial charge is 0.355 e. The van der Waals surface area contributed by atoms with Crippen molar-refractivity contribution in [3.05, 3.63) is 35.6 Å². The van der Waals surface area contributed by atoms with Crippen LogP contribution in [0.3, 0.4) is 0 Å². The zero-order chi connectivity index (χ0) is 17.7. The fourth-order valence-electron chi connectivity index (χ4n) is 4.59. The molecule has 1 heterocycles. The third-order valence-corrected chi connectivity index (χ3v) is 6.29. The summed E-state index contributed by atoms with van der Waals surface area (Å²) in [5.74, 6) is 0.984. The fraction of sp³-hybridized carbons (Fsp3) is 0.667. The van der Waals surface area contributed by atoms with E-state index in [0.29, 0.717) is 24.8 Å². The van der Waals surface area contributed by atoms with E-state index in [0.717, 1.165) is 31.5 Å². The minimum Gasteiger partial charge on any atom is -0.355 e. The first-order valence-electron chi connectivity index (χ1n) is 9.82. The molecule has 1 saturated heterocycles. The summed E-state index contributed by atoms with van der Waals surface area (Å²) in [5.41, 5.74) is 1.15. The van der Waals surface area contributed by atoms with Crippen LogP contribution >= 0.6 is 12.4 Å². The molecule has 26 heavy (non-hydrogen) atoms. The van der Waals surface area contributed by atoms with Crippen molar-refractivity contribution in [2.45, 2.75) is 57.3 Å². The molecule has 2 fully saturated rings. The summed E-state index contributed by atoms with van der Waals surface area (Å²) in [5, 5.41) is 6.63. The minimum atomic E-state index is -0.198. The molecule has 1 aromatic rings. The number of hydrogen-bond acceptors (Lipinski definition) is 2. The van der Waals surface area contributed by atoms with Gasteiger partial charge in [-0.2, -0.15) is 0 Å². The number of carbonyl (C=O) groups is 1. The number of nitrogens with one attached hydrogen (secondary N) is 2. The first-order valence-corrected chi connectivity index (χ1v) is 9.82. The average molecular weight is 383 g/mol. The quantitative estimate of drug-likeness (QED) is 0.774. The van der Waals surface area contributed by atoms with Crippen molar-refractivity contribution in [2.75, 3.05) is 19.6 Å². The van der Waals surface area contributed by atoms with Gasteiger partial charge in [-0.25, -0.2) is 4.39 Å². The smallest absolute Gasteiger partial charge is 0.220 e. The average Bonchev–Trinajstić information content (AvgIpc) is 3.11. The second-order valence-corrected chi connectivity index (χ2v) is 8.06. The van der Waals surface area contributed by atoms with Crippen LogP contribution in [0.25, 0.3) is 0 Å². The molecule has 2 N–H and O–H groups in total. The Labute approximate surface area is 162 Å². The molecule has 146 valence electrons. The molecule has 2 atom stereocenters. The predicted molar refractivity (Wildman–Crippen MR) is 106 cm³/mol. The summed E-state index contributed by atoms with van der Waals surface area (Å²) in [6, 6.07) is 6.86. The Morgan fingerprint density at radius 2 is 1.96 bits per heavy atom. The van der Waals surface area contributed by atoms with E-state index >= 15 is 0 Å². The molecule has 5 heteroatoms. The van der Waals surface area contributed by atoms with Crippen molar-refractivity contribution in [3.63, 3.8) is 0 Å². The van der Waals surface area contributed by atoms with Crippen LogP contribution in [0, 0.1) is 17.7 Å². The van der Waals surface area contributed by atoms with Crippen molar-refractivity contribution in [3.8, 4) is 0 Å². The van der Waals surface area contributed by atoms with Crippen LogP contribution < -0.4 is 10.6 Å². The van der Waals surface area contributed by atoms with Gasteiger partial charge >= 0.3 is 0 Å². The minimum absolute atomic E-state index is 0. The van der Waals surface area contributed by atoms with E-state index in [1.807, 2.05) is 12.1 Å². The standard InChI is InChI=1S/C21H31FN2O.ClH/c1-16(17-5-4-12-23-14-17)13-20(25)24-15-21(10-2-3-11-21)18-6-8-19(22)9-7-18;/h6-9,16-17,23H,2-5,10-15H2,1H3,(H,24,25);1H. The Balaban J connectivity index is 0.00000243. The van der Waals surface area contributed by atoms with E-state index in [4.69, 9.17) is 0 Å². The summed E-state index contributed by atoms with van der Waals surface area (Å²) in [7, 11) is 0.